The highest BCUT2D eigenvalue weighted by atomic mass is 19.1. The predicted octanol–water partition coefficient (Wildman–Crippen LogP) is 8.35. The van der Waals surface area contributed by atoms with Crippen molar-refractivity contribution in [3.05, 3.63) is 139 Å². The smallest absolute Gasteiger partial charge is 0.123 e. The number of aromatic nitrogens is 2. The molecule has 3 N–H and O–H groups in total. The van der Waals surface area contributed by atoms with Crippen LogP contribution in [0.4, 0.5) is 15.8 Å². The highest BCUT2D eigenvalue weighted by Crippen LogP contribution is 2.29. The second kappa shape index (κ2) is 16.6. The van der Waals surface area contributed by atoms with Crippen molar-refractivity contribution in [1.82, 2.24) is 20.2 Å². The molecule has 3 rings (SSSR count). The van der Waals surface area contributed by atoms with Crippen LogP contribution in [-0.4, -0.2) is 42.6 Å². The Morgan fingerprint density at radius 3 is 2.35 bits per heavy atom. The van der Waals surface area contributed by atoms with Crippen molar-refractivity contribution in [3.8, 4) is 11.3 Å². The monoisotopic (exact) mass is 580 g/mol. The summed E-state index contributed by atoms with van der Waals surface area (Å²) in [7, 11) is 5.84. The van der Waals surface area contributed by atoms with E-state index in [4.69, 9.17) is 0 Å². The van der Waals surface area contributed by atoms with Gasteiger partial charge in [-0.2, -0.15) is 0 Å². The summed E-state index contributed by atoms with van der Waals surface area (Å²) in [4.78, 5) is 10.9. The van der Waals surface area contributed by atoms with E-state index in [2.05, 4.69) is 57.1 Å². The van der Waals surface area contributed by atoms with Gasteiger partial charge in [0, 0.05) is 54.3 Å². The average molecular weight is 581 g/mol. The molecule has 3 aromatic rings. The number of rotatable bonds is 13. The summed E-state index contributed by atoms with van der Waals surface area (Å²) in [5.41, 5.74) is 9.59. The third-order valence-electron chi connectivity index (χ3n) is 6.43. The minimum absolute atomic E-state index is 0.307. The van der Waals surface area contributed by atoms with Crippen LogP contribution in [0.1, 0.15) is 31.9 Å². The van der Waals surface area contributed by atoms with E-state index in [0.29, 0.717) is 28.1 Å². The summed E-state index contributed by atoms with van der Waals surface area (Å²) in [6.07, 6.45) is 9.26. The Kier molecular flexibility index (Phi) is 13.3. The maximum Gasteiger partial charge on any atom is 0.123 e. The summed E-state index contributed by atoms with van der Waals surface area (Å²) in [5, 5.41) is 9.86. The first-order valence-corrected chi connectivity index (χ1v) is 14.2. The van der Waals surface area contributed by atoms with Gasteiger partial charge in [-0.15, -0.1) is 0 Å². The van der Waals surface area contributed by atoms with Crippen molar-refractivity contribution in [2.45, 2.75) is 27.7 Å². The first-order valence-electron chi connectivity index (χ1n) is 14.2. The molecule has 1 aromatic carbocycles. The van der Waals surface area contributed by atoms with Gasteiger partial charge in [-0.05, 0) is 86.1 Å². The number of hydrogen-bond donors (Lipinski definition) is 3. The second-order valence-electron chi connectivity index (χ2n) is 10.0. The van der Waals surface area contributed by atoms with E-state index >= 15 is 0 Å². The third kappa shape index (κ3) is 9.94. The van der Waals surface area contributed by atoms with Crippen LogP contribution < -0.4 is 16.0 Å². The summed E-state index contributed by atoms with van der Waals surface area (Å²) in [6, 6.07) is 10.3. The van der Waals surface area contributed by atoms with Gasteiger partial charge in [-0.3, -0.25) is 9.97 Å². The molecule has 0 atom stereocenters. The van der Waals surface area contributed by atoms with E-state index in [1.807, 2.05) is 85.4 Å². The lowest BCUT2D eigenvalue weighted by Gasteiger charge is -2.19. The van der Waals surface area contributed by atoms with E-state index in [0.717, 1.165) is 46.0 Å². The number of benzene rings is 1. The van der Waals surface area contributed by atoms with E-state index in [9.17, 15) is 4.39 Å². The van der Waals surface area contributed by atoms with Crippen LogP contribution in [0.15, 0.2) is 122 Å². The number of halogens is 1. The van der Waals surface area contributed by atoms with Crippen molar-refractivity contribution in [1.29, 1.82) is 0 Å². The van der Waals surface area contributed by atoms with E-state index in [1.165, 1.54) is 12.1 Å². The molecule has 7 heteroatoms. The lowest BCUT2D eigenvalue weighted by molar-refractivity contribution is 0.447. The number of likely N-dealkylation sites (N-methyl/N-ethyl adjacent to an activating group) is 2. The van der Waals surface area contributed by atoms with Crippen LogP contribution in [0.5, 0.6) is 0 Å². The molecular formula is C36H45FN6. The van der Waals surface area contributed by atoms with Gasteiger partial charge < -0.3 is 20.9 Å². The number of anilines is 2. The molecule has 0 fully saturated rings. The SMILES string of the molecule is C=C(CN(C)C)Nc1cncc(/C(C)=C/C=C(/NC)C(=C)C(=C)C(=C)Nc2ccnc(-c3cccc(F)c3)c2C)c1.CC. The lowest BCUT2D eigenvalue weighted by Crippen LogP contribution is -2.18. The third-order valence-corrected chi connectivity index (χ3v) is 6.43. The Labute approximate surface area is 257 Å². The van der Waals surface area contributed by atoms with Gasteiger partial charge >= 0.3 is 0 Å². The van der Waals surface area contributed by atoms with Crippen LogP contribution in [0.3, 0.4) is 0 Å². The summed E-state index contributed by atoms with van der Waals surface area (Å²) >= 11 is 0. The van der Waals surface area contributed by atoms with Crippen molar-refractivity contribution >= 4 is 16.9 Å². The van der Waals surface area contributed by atoms with Crippen molar-refractivity contribution in [2.24, 2.45) is 0 Å². The van der Waals surface area contributed by atoms with Crippen LogP contribution in [0, 0.1) is 12.7 Å². The molecule has 0 aliphatic carbocycles. The molecule has 0 bridgehead atoms. The molecule has 0 saturated heterocycles. The first kappa shape index (κ1) is 34.5. The normalized spacial score (nSPS) is 11.3. The fourth-order valence-corrected chi connectivity index (χ4v) is 4.17. The second-order valence-corrected chi connectivity index (χ2v) is 10.0. The predicted molar refractivity (Wildman–Crippen MR) is 183 cm³/mol. The number of nitrogens with one attached hydrogen (secondary N) is 3. The Bertz CT molecular complexity index is 1530. The van der Waals surface area contributed by atoms with Crippen molar-refractivity contribution in [2.75, 3.05) is 38.3 Å². The number of hydrogen-bond acceptors (Lipinski definition) is 6. The molecule has 0 spiro atoms. The minimum Gasteiger partial charge on any atom is -0.388 e. The molecule has 0 unspecified atom stereocenters. The zero-order chi connectivity index (χ0) is 32.1. The molecular weight excluding hydrogens is 535 g/mol. The van der Waals surface area contributed by atoms with Crippen LogP contribution >= 0.6 is 0 Å². The molecule has 0 aliphatic rings. The van der Waals surface area contributed by atoms with E-state index in [-0.39, 0.29) is 5.82 Å². The van der Waals surface area contributed by atoms with Gasteiger partial charge in [-0.25, -0.2) is 4.39 Å². The van der Waals surface area contributed by atoms with Gasteiger partial charge in [0.2, 0.25) is 0 Å². The summed E-state index contributed by atoms with van der Waals surface area (Å²) in [5.74, 6) is -0.307. The maximum absolute atomic E-state index is 13.8. The zero-order valence-corrected chi connectivity index (χ0v) is 26.6. The lowest BCUT2D eigenvalue weighted by atomic mass is 10.0. The maximum atomic E-state index is 13.8. The Morgan fingerprint density at radius 1 is 0.977 bits per heavy atom. The fraction of sp³-hybridized carbons (Fsp3) is 0.222. The number of pyridine rings is 2. The van der Waals surface area contributed by atoms with Gasteiger partial charge in [0.1, 0.15) is 5.82 Å². The quantitative estimate of drug-likeness (QED) is 0.177. The molecule has 2 heterocycles. The van der Waals surface area contributed by atoms with Crippen LogP contribution in [0.25, 0.3) is 16.8 Å². The zero-order valence-electron chi connectivity index (χ0n) is 26.6. The standard InChI is InChI=1S/C34H39FN6.C2H6/c1-22(29-18-31(20-37-19-29)39-23(2)21-41(8)9)13-14-32(36-7)25(4)24(3)27(6)40-33-15-16-38-34(26(33)5)28-11-10-12-30(35)17-28;1-2/h10-20,36,39H,2-4,6,21H2,1,5,7-9H3,(H,38,40);1-2H3/b22-13+,32-14+;. The topological polar surface area (TPSA) is 65.1 Å². The number of nitrogens with zero attached hydrogens (tertiary/aromatic N) is 3. The Morgan fingerprint density at radius 2 is 1.70 bits per heavy atom. The van der Waals surface area contributed by atoms with Crippen LogP contribution in [0.2, 0.25) is 0 Å². The molecule has 0 amide bonds. The summed E-state index contributed by atoms with van der Waals surface area (Å²) < 4.78 is 13.8. The highest BCUT2D eigenvalue weighted by molar-refractivity contribution is 5.73. The Hall–Kier alpha value is -4.75. The van der Waals surface area contributed by atoms with Gasteiger partial charge in [-0.1, -0.05) is 58.4 Å². The number of allylic oxidation sites excluding steroid dienone is 5. The molecule has 6 nitrogen and oxygen atoms in total. The van der Waals surface area contributed by atoms with E-state index in [1.54, 1.807) is 18.5 Å². The van der Waals surface area contributed by atoms with E-state index < -0.39 is 0 Å². The fourth-order valence-electron chi connectivity index (χ4n) is 4.17. The molecule has 43 heavy (non-hydrogen) atoms. The largest absolute Gasteiger partial charge is 0.388 e. The van der Waals surface area contributed by atoms with Gasteiger partial charge in [0.25, 0.3) is 0 Å². The summed E-state index contributed by atoms with van der Waals surface area (Å²) in [6.45, 7) is 25.4. The molecule has 0 saturated carbocycles. The van der Waals surface area contributed by atoms with Crippen LogP contribution in [-0.2, 0) is 0 Å². The molecule has 226 valence electrons. The molecule has 0 radical (unpaired) electrons. The molecule has 2 aromatic heterocycles. The molecule has 0 aliphatic heterocycles. The average Bonchev–Trinajstić information content (AvgIpc) is 2.98. The van der Waals surface area contributed by atoms with Crippen molar-refractivity contribution < 1.29 is 4.39 Å². The minimum atomic E-state index is -0.307. The van der Waals surface area contributed by atoms with Gasteiger partial charge in [0.05, 0.1) is 17.6 Å². The van der Waals surface area contributed by atoms with Crippen molar-refractivity contribution in [3.63, 3.8) is 0 Å². The highest BCUT2D eigenvalue weighted by Gasteiger charge is 2.13. The van der Waals surface area contributed by atoms with Gasteiger partial charge in [0.15, 0.2) is 0 Å². The Balaban J connectivity index is 0.00000316. The first-order chi connectivity index (χ1) is 20.5.